The first-order valence-corrected chi connectivity index (χ1v) is 46.2. The summed E-state index contributed by atoms with van der Waals surface area (Å²) >= 11 is 46.6. The lowest BCUT2D eigenvalue weighted by Gasteiger charge is -2.11. The molecule has 6 aromatic heterocycles. The number of rotatable bonds is 48. The Morgan fingerprint density at radius 1 is 0.231 bits per heavy atom. The highest BCUT2D eigenvalue weighted by Gasteiger charge is 2.18. The molecule has 0 aliphatic heterocycles. The largest absolute Gasteiger partial charge is 0.354 e. The number of hydrogen-bond acceptors (Lipinski definition) is 31. The van der Waals surface area contributed by atoms with Crippen LogP contribution in [-0.4, -0.2) is 136 Å². The second-order valence-corrected chi connectivity index (χ2v) is 34.5. The van der Waals surface area contributed by atoms with Crippen molar-refractivity contribution in [1.82, 2.24) is 89.7 Å². The van der Waals surface area contributed by atoms with E-state index < -0.39 is 0 Å². The van der Waals surface area contributed by atoms with Crippen LogP contribution in [0.3, 0.4) is 0 Å². The molecule has 12 aromatic rings. The standard InChI is InChI=1S/C80H85Cl6N25S6/c1-2-88-69-94-64(101-75(106-69)112-45-51-15-27-57(81)28-16-51)10-4-40-90-71-96-66(103-77(108-71)114-47-53-19-31-59(83)32-20-53)12-6-42-92-73-98-68(105-79(110-73)116-49-55-23-35-61(85)36-24-55)14-8-44-93-74-99-67(104-80(111-74)117-50-56-25-37-62(86)38-26-56)13-7-43-91-72-97-65(102-78(109-72)115-48-54-21-33-60(84)34-22-54)11-5-41-89-70-95-63(9-3-39-87)100-76(107-70)113-46-52-17-29-58(82)30-18-52/h15-38H,2-14,39-50,87H2,1H3,(H,88,94,101,106)(H,89,95,100,107)(H,90,96,103,108)(H,91,97,102,109)(H,92,98,105,110)(H,93,99,104,111). The maximum Gasteiger partial charge on any atom is 0.226 e. The van der Waals surface area contributed by atoms with Gasteiger partial charge in [0.2, 0.25) is 35.7 Å². The number of halogens is 6. The molecule has 12 rings (SSSR count). The lowest BCUT2D eigenvalue weighted by molar-refractivity contribution is 0.721. The van der Waals surface area contributed by atoms with Gasteiger partial charge in [0.1, 0.15) is 34.9 Å². The third-order valence-corrected chi connectivity index (χ3v) is 23.9. The molecule has 0 spiro atoms. The minimum Gasteiger partial charge on any atom is -0.354 e. The van der Waals surface area contributed by atoms with E-state index in [4.69, 9.17) is 160 Å². The molecular formula is C80H85Cl6N25S6. The van der Waals surface area contributed by atoms with Crippen molar-refractivity contribution in [3.8, 4) is 0 Å². The number of aromatic nitrogens is 18. The summed E-state index contributed by atoms with van der Waals surface area (Å²) in [6.45, 7) is 5.97. The molecule has 25 nitrogen and oxygen atoms in total. The van der Waals surface area contributed by atoms with Crippen LogP contribution >= 0.6 is 140 Å². The smallest absolute Gasteiger partial charge is 0.226 e. The van der Waals surface area contributed by atoms with Gasteiger partial charge in [0.15, 0.2) is 30.9 Å². The first kappa shape index (κ1) is 88.3. The van der Waals surface area contributed by atoms with Gasteiger partial charge < -0.3 is 37.6 Å². The SMILES string of the molecule is CCNc1nc(CCCNc2nc(CCCNc3nc(CCCNc4nc(CCCNc5nc(CCCNc6nc(CCCN)nc(SCc7ccc(Cl)cc7)n6)nc(SCc6ccc(Cl)cc6)n5)nc(SCc5ccc(Cl)cc5)n4)nc(SCc4ccc(Cl)cc4)n3)nc(SCc3ccc(Cl)cc3)n2)nc(SCc2ccc(Cl)cc2)n1. The minimum absolute atomic E-state index is 0.470. The second-order valence-electron chi connectivity index (χ2n) is 26.2. The van der Waals surface area contributed by atoms with E-state index in [1.54, 1.807) is 23.5 Å². The van der Waals surface area contributed by atoms with Gasteiger partial charge in [-0.2, -0.15) is 59.8 Å². The maximum atomic E-state index is 6.28. The summed E-state index contributed by atoms with van der Waals surface area (Å²) in [6, 6.07) is 46.7. The van der Waals surface area contributed by atoms with E-state index in [0.717, 1.165) is 46.2 Å². The Morgan fingerprint density at radius 3 is 0.573 bits per heavy atom. The normalized spacial score (nSPS) is 11.3. The van der Waals surface area contributed by atoms with Gasteiger partial charge in [-0.15, -0.1) is 0 Å². The van der Waals surface area contributed by atoms with E-state index in [1.165, 1.54) is 47.0 Å². The fraction of sp³-hybridized carbons (Fsp3) is 0.325. The van der Waals surface area contributed by atoms with Gasteiger partial charge in [0.05, 0.1) is 0 Å². The van der Waals surface area contributed by atoms with E-state index in [0.29, 0.717) is 276 Å². The molecule has 0 amide bonds. The average Bonchev–Trinajstić information content (AvgIpc) is 0.868. The summed E-state index contributed by atoms with van der Waals surface area (Å²) in [5.41, 5.74) is 12.5. The van der Waals surface area contributed by atoms with Gasteiger partial charge >= 0.3 is 0 Å². The Balaban J connectivity index is 0.674. The Hall–Kier alpha value is -8.02. The van der Waals surface area contributed by atoms with Crippen molar-refractivity contribution < 1.29 is 0 Å². The Kier molecular flexibility index (Phi) is 36.0. The van der Waals surface area contributed by atoms with Crippen LogP contribution in [0.4, 0.5) is 35.7 Å². The van der Waals surface area contributed by atoms with Crippen LogP contribution in [-0.2, 0) is 73.0 Å². The predicted molar refractivity (Wildman–Crippen MR) is 481 cm³/mol. The lowest BCUT2D eigenvalue weighted by atomic mass is 10.2. The highest BCUT2D eigenvalue weighted by Crippen LogP contribution is 2.30. The van der Waals surface area contributed by atoms with Crippen LogP contribution in [0, 0.1) is 0 Å². The molecule has 8 N–H and O–H groups in total. The van der Waals surface area contributed by atoms with Crippen molar-refractivity contribution in [1.29, 1.82) is 0 Å². The summed E-state index contributed by atoms with van der Waals surface area (Å²) in [6.07, 6.45) is 7.63. The van der Waals surface area contributed by atoms with Crippen LogP contribution in [0.15, 0.2) is 177 Å². The molecular weight excluding hydrogens is 1720 g/mol. The van der Waals surface area contributed by atoms with Crippen LogP contribution in [0.2, 0.25) is 30.1 Å². The molecule has 0 radical (unpaired) electrons. The van der Waals surface area contributed by atoms with Gasteiger partial charge in [-0.05, 0) is 158 Å². The van der Waals surface area contributed by atoms with Crippen molar-refractivity contribution in [2.24, 2.45) is 5.73 Å². The zero-order valence-electron chi connectivity index (χ0n) is 63.9. The number of nitrogens with zero attached hydrogens (tertiary/aromatic N) is 18. The van der Waals surface area contributed by atoms with Crippen LogP contribution in [0.25, 0.3) is 0 Å². The number of nitrogens with one attached hydrogen (secondary N) is 6. The quantitative estimate of drug-likeness (QED) is 0.0138. The highest BCUT2D eigenvalue weighted by molar-refractivity contribution is 7.99. The second kappa shape index (κ2) is 47.7. The first-order valence-electron chi connectivity index (χ1n) is 38.0. The first-order chi connectivity index (χ1) is 57.2. The van der Waals surface area contributed by atoms with Crippen LogP contribution in [0.5, 0.6) is 0 Å². The van der Waals surface area contributed by atoms with E-state index >= 15 is 0 Å². The summed E-state index contributed by atoms with van der Waals surface area (Å²) in [5, 5.41) is 28.4. The number of thioether (sulfide) groups is 6. The Morgan fingerprint density at radius 2 is 0.402 bits per heavy atom. The maximum absolute atomic E-state index is 6.28. The molecule has 0 saturated heterocycles. The molecule has 0 bridgehead atoms. The molecule has 0 aliphatic carbocycles. The molecule has 0 unspecified atom stereocenters. The van der Waals surface area contributed by atoms with Crippen LogP contribution < -0.4 is 37.6 Å². The fourth-order valence-corrected chi connectivity index (χ4v) is 16.6. The van der Waals surface area contributed by atoms with Gasteiger partial charge in [0, 0.05) is 142 Å². The van der Waals surface area contributed by atoms with Gasteiger partial charge in [0.25, 0.3) is 0 Å². The third kappa shape index (κ3) is 31.6. The number of benzene rings is 6. The fourth-order valence-electron chi connectivity index (χ4n) is 10.9. The van der Waals surface area contributed by atoms with Crippen molar-refractivity contribution in [2.75, 3.05) is 77.7 Å². The van der Waals surface area contributed by atoms with Crippen LogP contribution in [0.1, 0.15) is 114 Å². The van der Waals surface area contributed by atoms with Crippen molar-refractivity contribution in [3.05, 3.63) is 244 Å². The molecule has 37 heteroatoms. The Bertz CT molecular complexity index is 5090. The number of hydrogen-bond donors (Lipinski definition) is 7. The van der Waals surface area contributed by atoms with Gasteiger partial charge in [-0.25, -0.2) is 29.9 Å². The lowest BCUT2D eigenvalue weighted by Crippen LogP contribution is -2.14. The topological polar surface area (TPSA) is 330 Å². The van der Waals surface area contributed by atoms with Gasteiger partial charge in [-0.3, -0.25) is 0 Å². The van der Waals surface area contributed by atoms with E-state index in [9.17, 15) is 0 Å². The van der Waals surface area contributed by atoms with Crippen molar-refractivity contribution in [2.45, 2.75) is 149 Å². The zero-order chi connectivity index (χ0) is 81.2. The van der Waals surface area contributed by atoms with Crippen molar-refractivity contribution >= 4 is 176 Å². The number of anilines is 6. The summed E-state index contributed by atoms with van der Waals surface area (Å²) < 4.78 is 0. The van der Waals surface area contributed by atoms with Crippen molar-refractivity contribution in [3.63, 3.8) is 0 Å². The monoisotopic (exact) mass is 1800 g/mol. The molecule has 0 aliphatic rings. The molecule has 6 heterocycles. The zero-order valence-corrected chi connectivity index (χ0v) is 73.3. The third-order valence-electron chi connectivity index (χ3n) is 16.9. The Labute approximate surface area is 736 Å². The van der Waals surface area contributed by atoms with E-state index in [2.05, 4.69) is 36.9 Å². The van der Waals surface area contributed by atoms with E-state index in [-0.39, 0.29) is 0 Å². The molecule has 0 fully saturated rings. The molecule has 0 saturated carbocycles. The molecule has 0 atom stereocenters. The molecule has 608 valence electrons. The summed E-state index contributed by atoms with van der Waals surface area (Å²) in [4.78, 5) is 87.5. The predicted octanol–water partition coefficient (Wildman–Crippen LogP) is 19.0. The number of aryl methyl sites for hydroxylation is 6. The van der Waals surface area contributed by atoms with E-state index in [1.807, 2.05) is 153 Å². The van der Waals surface area contributed by atoms with Gasteiger partial charge in [-0.1, -0.05) is 213 Å². The summed E-state index contributed by atoms with van der Waals surface area (Å²) in [5.74, 6) is 10.9. The molecule has 117 heavy (non-hydrogen) atoms. The average molecular weight is 1800 g/mol. The number of nitrogens with two attached hydrogens (primary N) is 1. The minimum atomic E-state index is 0.470. The summed E-state index contributed by atoms with van der Waals surface area (Å²) in [7, 11) is 0. The molecule has 6 aromatic carbocycles. The highest BCUT2D eigenvalue weighted by atomic mass is 35.5.